The number of rotatable bonds is 4. The summed E-state index contributed by atoms with van der Waals surface area (Å²) in [4.78, 5) is 0. The van der Waals surface area contributed by atoms with E-state index < -0.39 is 6.10 Å². The molecular formula is C15H20FNO2. The van der Waals surface area contributed by atoms with Crippen molar-refractivity contribution < 1.29 is 13.9 Å². The molecule has 1 unspecified atom stereocenters. The molecule has 0 aliphatic carbocycles. The highest BCUT2D eigenvalue weighted by atomic mass is 19.1. The number of nitrogens with one attached hydrogen (secondary N) is 1. The van der Waals surface area contributed by atoms with Crippen molar-refractivity contribution in [2.75, 3.05) is 6.54 Å². The lowest BCUT2D eigenvalue weighted by atomic mass is 9.89. The van der Waals surface area contributed by atoms with Crippen LogP contribution in [0.4, 0.5) is 4.39 Å². The molecule has 1 aromatic carbocycles. The zero-order valence-corrected chi connectivity index (χ0v) is 11.5. The van der Waals surface area contributed by atoms with Gasteiger partial charge in [-0.1, -0.05) is 20.8 Å². The Morgan fingerprint density at radius 1 is 1.32 bits per heavy atom. The molecule has 0 aliphatic rings. The first kappa shape index (κ1) is 14.0. The predicted molar refractivity (Wildman–Crippen MR) is 73.3 cm³/mol. The number of halogens is 1. The summed E-state index contributed by atoms with van der Waals surface area (Å²) in [7, 11) is 0. The smallest absolute Gasteiger partial charge is 0.134 e. The van der Waals surface area contributed by atoms with Crippen molar-refractivity contribution in [1.29, 1.82) is 0 Å². The van der Waals surface area contributed by atoms with Crippen LogP contribution in [0.25, 0.3) is 11.0 Å². The van der Waals surface area contributed by atoms with E-state index >= 15 is 0 Å². The second-order valence-electron chi connectivity index (χ2n) is 5.91. The highest BCUT2D eigenvalue weighted by Gasteiger charge is 2.21. The van der Waals surface area contributed by atoms with Crippen LogP contribution < -0.4 is 5.32 Å². The molecule has 19 heavy (non-hydrogen) atoms. The fourth-order valence-electron chi connectivity index (χ4n) is 1.79. The highest BCUT2D eigenvalue weighted by Crippen LogP contribution is 2.21. The Morgan fingerprint density at radius 3 is 2.74 bits per heavy atom. The molecule has 0 radical (unpaired) electrons. The minimum absolute atomic E-state index is 0.149. The van der Waals surface area contributed by atoms with Gasteiger partial charge in [0.1, 0.15) is 17.2 Å². The number of aliphatic hydroxyl groups is 1. The van der Waals surface area contributed by atoms with Gasteiger partial charge in [-0.15, -0.1) is 0 Å². The summed E-state index contributed by atoms with van der Waals surface area (Å²) in [6, 6.07) is 6.27. The molecule has 1 atom stereocenters. The second-order valence-corrected chi connectivity index (χ2v) is 5.91. The Hall–Kier alpha value is -1.39. The van der Waals surface area contributed by atoms with Gasteiger partial charge >= 0.3 is 0 Å². The fraction of sp³-hybridized carbons (Fsp3) is 0.467. The van der Waals surface area contributed by atoms with Crippen LogP contribution in [-0.4, -0.2) is 17.8 Å². The van der Waals surface area contributed by atoms with E-state index in [0.717, 1.165) is 11.1 Å². The summed E-state index contributed by atoms with van der Waals surface area (Å²) in [5, 5.41) is 13.8. The van der Waals surface area contributed by atoms with Crippen LogP contribution in [0.3, 0.4) is 0 Å². The van der Waals surface area contributed by atoms with Crippen LogP contribution in [0, 0.1) is 11.2 Å². The van der Waals surface area contributed by atoms with Crippen LogP contribution in [0.15, 0.2) is 28.7 Å². The van der Waals surface area contributed by atoms with Gasteiger partial charge in [-0.2, -0.15) is 0 Å². The third kappa shape index (κ3) is 3.55. The van der Waals surface area contributed by atoms with Crippen molar-refractivity contribution in [3.63, 3.8) is 0 Å². The van der Waals surface area contributed by atoms with Gasteiger partial charge in [0.05, 0.1) is 12.6 Å². The van der Waals surface area contributed by atoms with E-state index in [1.807, 2.05) is 26.8 Å². The van der Waals surface area contributed by atoms with E-state index in [9.17, 15) is 9.50 Å². The molecule has 2 aromatic rings. The summed E-state index contributed by atoms with van der Waals surface area (Å²) < 4.78 is 18.6. The molecule has 1 heterocycles. The molecule has 0 bridgehead atoms. The lowest BCUT2D eigenvalue weighted by molar-refractivity contribution is 0.0624. The molecule has 0 saturated heterocycles. The maximum Gasteiger partial charge on any atom is 0.134 e. The quantitative estimate of drug-likeness (QED) is 0.893. The van der Waals surface area contributed by atoms with Crippen molar-refractivity contribution in [2.45, 2.75) is 33.4 Å². The van der Waals surface area contributed by atoms with Gasteiger partial charge in [-0.05, 0) is 29.7 Å². The van der Waals surface area contributed by atoms with Gasteiger partial charge in [0, 0.05) is 11.9 Å². The first-order valence-corrected chi connectivity index (χ1v) is 6.43. The first-order chi connectivity index (χ1) is 8.86. The molecule has 2 N–H and O–H groups in total. The van der Waals surface area contributed by atoms with E-state index in [-0.39, 0.29) is 11.2 Å². The van der Waals surface area contributed by atoms with Crippen LogP contribution >= 0.6 is 0 Å². The average Bonchev–Trinajstić information content (AvgIpc) is 2.69. The molecule has 0 fully saturated rings. The fourth-order valence-corrected chi connectivity index (χ4v) is 1.79. The maximum atomic E-state index is 13.0. The minimum atomic E-state index is -0.422. The largest absolute Gasteiger partial charge is 0.460 e. The lowest BCUT2D eigenvalue weighted by Crippen LogP contribution is -2.36. The minimum Gasteiger partial charge on any atom is -0.460 e. The summed E-state index contributed by atoms with van der Waals surface area (Å²) in [6.07, 6.45) is -0.422. The lowest BCUT2D eigenvalue weighted by Gasteiger charge is -2.25. The van der Waals surface area contributed by atoms with Crippen molar-refractivity contribution in [3.8, 4) is 0 Å². The maximum absolute atomic E-state index is 13.0. The highest BCUT2D eigenvalue weighted by molar-refractivity contribution is 5.77. The SMILES string of the molecule is CC(C)(C)C(O)CNCc1cc2cc(F)ccc2o1. The molecule has 2 rings (SSSR count). The number of hydrogen-bond acceptors (Lipinski definition) is 3. The topological polar surface area (TPSA) is 45.4 Å². The van der Waals surface area contributed by atoms with Crippen molar-refractivity contribution >= 4 is 11.0 Å². The van der Waals surface area contributed by atoms with E-state index in [4.69, 9.17) is 4.42 Å². The van der Waals surface area contributed by atoms with Gasteiger partial charge in [0.25, 0.3) is 0 Å². The van der Waals surface area contributed by atoms with E-state index in [2.05, 4.69) is 5.32 Å². The third-order valence-corrected chi connectivity index (χ3v) is 3.17. The van der Waals surface area contributed by atoms with E-state index in [1.165, 1.54) is 12.1 Å². The number of furan rings is 1. The Balaban J connectivity index is 1.95. The number of aliphatic hydroxyl groups excluding tert-OH is 1. The summed E-state index contributed by atoms with van der Waals surface area (Å²) >= 11 is 0. The van der Waals surface area contributed by atoms with Gasteiger partial charge in [-0.25, -0.2) is 4.39 Å². The van der Waals surface area contributed by atoms with Crippen LogP contribution in [0.1, 0.15) is 26.5 Å². The molecule has 104 valence electrons. The Kier molecular flexibility index (Phi) is 3.92. The van der Waals surface area contributed by atoms with Crippen LogP contribution in [-0.2, 0) is 6.54 Å². The third-order valence-electron chi connectivity index (χ3n) is 3.17. The molecule has 3 nitrogen and oxygen atoms in total. The van der Waals surface area contributed by atoms with Crippen LogP contribution in [0.5, 0.6) is 0 Å². The standard InChI is InChI=1S/C15H20FNO2/c1-15(2,3)14(18)9-17-8-12-7-10-6-11(16)4-5-13(10)19-12/h4-7,14,17-18H,8-9H2,1-3H3. The summed E-state index contributed by atoms with van der Waals surface area (Å²) in [5.41, 5.74) is 0.527. The number of benzene rings is 1. The van der Waals surface area contributed by atoms with Gasteiger partial charge < -0.3 is 14.8 Å². The van der Waals surface area contributed by atoms with Gasteiger partial charge in [-0.3, -0.25) is 0 Å². The Labute approximate surface area is 112 Å². The molecule has 4 heteroatoms. The molecular weight excluding hydrogens is 245 g/mol. The molecule has 1 aromatic heterocycles. The monoisotopic (exact) mass is 265 g/mol. The average molecular weight is 265 g/mol. The zero-order chi connectivity index (χ0) is 14.0. The Morgan fingerprint density at radius 2 is 2.05 bits per heavy atom. The van der Waals surface area contributed by atoms with Crippen molar-refractivity contribution in [2.24, 2.45) is 5.41 Å². The van der Waals surface area contributed by atoms with Crippen LogP contribution in [0.2, 0.25) is 0 Å². The van der Waals surface area contributed by atoms with E-state index in [0.29, 0.717) is 18.7 Å². The predicted octanol–water partition coefficient (Wildman–Crippen LogP) is 3.07. The molecule has 0 saturated carbocycles. The second kappa shape index (κ2) is 5.31. The summed E-state index contributed by atoms with van der Waals surface area (Å²) in [5.74, 6) is 0.470. The molecule has 0 spiro atoms. The van der Waals surface area contributed by atoms with Gasteiger partial charge in [0.15, 0.2) is 0 Å². The summed E-state index contributed by atoms with van der Waals surface area (Å²) in [6.45, 7) is 6.98. The molecule has 0 amide bonds. The van der Waals surface area contributed by atoms with E-state index in [1.54, 1.807) is 6.07 Å². The normalized spacial score (nSPS) is 13.9. The number of fused-ring (bicyclic) bond motifs is 1. The van der Waals surface area contributed by atoms with Crippen molar-refractivity contribution in [1.82, 2.24) is 5.32 Å². The molecule has 0 aliphatic heterocycles. The first-order valence-electron chi connectivity index (χ1n) is 6.43. The van der Waals surface area contributed by atoms with Gasteiger partial charge in [0.2, 0.25) is 0 Å². The zero-order valence-electron chi connectivity index (χ0n) is 11.5. The Bertz CT molecular complexity index is 557. The number of hydrogen-bond donors (Lipinski definition) is 2. The van der Waals surface area contributed by atoms with Crippen molar-refractivity contribution in [3.05, 3.63) is 35.8 Å².